The van der Waals surface area contributed by atoms with Crippen LogP contribution in [0.4, 0.5) is 30.6 Å². The summed E-state index contributed by atoms with van der Waals surface area (Å²) >= 11 is 0. The molecule has 0 aliphatic heterocycles. The average molecular weight is 542 g/mol. The Kier molecular flexibility index (Phi) is 8.67. The van der Waals surface area contributed by atoms with Gasteiger partial charge in [-0.15, -0.1) is 0 Å². The molecule has 0 saturated carbocycles. The zero-order valence-electron chi connectivity index (χ0n) is 21.8. The van der Waals surface area contributed by atoms with Crippen LogP contribution in [0.2, 0.25) is 0 Å². The van der Waals surface area contributed by atoms with Gasteiger partial charge in [0.15, 0.2) is 0 Å². The Balaban J connectivity index is 1.52. The lowest BCUT2D eigenvalue weighted by atomic mass is 10.1. The van der Waals surface area contributed by atoms with E-state index in [1.165, 1.54) is 19.2 Å². The van der Waals surface area contributed by atoms with Crippen molar-refractivity contribution < 1.29 is 22.7 Å². The molecule has 2 aromatic heterocycles. The molecule has 0 spiro atoms. The Bertz CT molecular complexity index is 1450. The SMILES string of the molecule is CCNCCNCc1ccc(Nc2nc3ccc(Oc4ccnc(NC(C)=O)c4)cc3n2C)cc1C(F)(F)F. The lowest BCUT2D eigenvalue weighted by molar-refractivity contribution is -0.138. The molecule has 2 aromatic carbocycles. The van der Waals surface area contributed by atoms with Crippen molar-refractivity contribution in [2.24, 2.45) is 7.05 Å². The second kappa shape index (κ2) is 12.1. The number of nitrogens with zero attached hydrogens (tertiary/aromatic N) is 3. The quantitative estimate of drug-likeness (QED) is 0.194. The Morgan fingerprint density at radius 3 is 2.54 bits per heavy atom. The summed E-state index contributed by atoms with van der Waals surface area (Å²) in [5.74, 6) is 1.49. The fraction of sp³-hybridized carbons (Fsp3) is 0.296. The average Bonchev–Trinajstić information content (AvgIpc) is 3.18. The monoisotopic (exact) mass is 541 g/mol. The van der Waals surface area contributed by atoms with Crippen LogP contribution in [0.15, 0.2) is 54.7 Å². The number of likely N-dealkylation sites (N-methyl/N-ethyl adjacent to an activating group) is 1. The summed E-state index contributed by atoms with van der Waals surface area (Å²) in [4.78, 5) is 19.9. The van der Waals surface area contributed by atoms with E-state index in [1.54, 1.807) is 48.0 Å². The molecule has 12 heteroatoms. The molecule has 0 saturated heterocycles. The number of fused-ring (bicyclic) bond motifs is 1. The number of ether oxygens (including phenoxy) is 1. The molecule has 206 valence electrons. The van der Waals surface area contributed by atoms with E-state index in [-0.39, 0.29) is 23.7 Å². The summed E-state index contributed by atoms with van der Waals surface area (Å²) in [5, 5.41) is 11.8. The van der Waals surface area contributed by atoms with Gasteiger partial charge in [-0.3, -0.25) is 4.79 Å². The lowest BCUT2D eigenvalue weighted by Crippen LogP contribution is -2.27. The highest BCUT2D eigenvalue weighted by Gasteiger charge is 2.33. The van der Waals surface area contributed by atoms with Gasteiger partial charge >= 0.3 is 6.18 Å². The Labute approximate surface area is 223 Å². The van der Waals surface area contributed by atoms with E-state index in [2.05, 4.69) is 31.2 Å². The number of pyridine rings is 1. The van der Waals surface area contributed by atoms with Crippen LogP contribution in [0.5, 0.6) is 11.5 Å². The van der Waals surface area contributed by atoms with Gasteiger partial charge < -0.3 is 30.6 Å². The molecule has 0 unspecified atom stereocenters. The predicted molar refractivity (Wildman–Crippen MR) is 144 cm³/mol. The molecule has 2 heterocycles. The minimum Gasteiger partial charge on any atom is -0.457 e. The maximum atomic E-state index is 13.8. The van der Waals surface area contributed by atoms with Crippen molar-refractivity contribution >= 4 is 34.4 Å². The molecule has 0 aliphatic rings. The number of aromatic nitrogens is 3. The summed E-state index contributed by atoms with van der Waals surface area (Å²) in [6, 6.07) is 12.7. The van der Waals surface area contributed by atoms with Crippen LogP contribution < -0.4 is 26.0 Å². The summed E-state index contributed by atoms with van der Waals surface area (Å²) in [6.07, 6.45) is -2.98. The second-order valence-corrected chi connectivity index (χ2v) is 8.83. The molecule has 0 atom stereocenters. The molecule has 9 nitrogen and oxygen atoms in total. The highest BCUT2D eigenvalue weighted by Crippen LogP contribution is 2.35. The number of hydrogen-bond acceptors (Lipinski definition) is 7. The first-order valence-corrected chi connectivity index (χ1v) is 12.4. The van der Waals surface area contributed by atoms with Crippen LogP contribution in [-0.2, 0) is 24.6 Å². The number of hydrogen-bond donors (Lipinski definition) is 4. The van der Waals surface area contributed by atoms with Gasteiger partial charge in [-0.25, -0.2) is 9.97 Å². The molecular weight excluding hydrogens is 511 g/mol. The zero-order chi connectivity index (χ0) is 28.0. The van der Waals surface area contributed by atoms with E-state index in [0.29, 0.717) is 47.4 Å². The van der Waals surface area contributed by atoms with Crippen LogP contribution in [0, 0.1) is 0 Å². The van der Waals surface area contributed by atoms with Crippen molar-refractivity contribution in [3.8, 4) is 11.5 Å². The fourth-order valence-corrected chi connectivity index (χ4v) is 3.98. The molecule has 0 radical (unpaired) electrons. The number of aryl methyl sites for hydroxylation is 1. The minimum absolute atomic E-state index is 0.110. The van der Waals surface area contributed by atoms with E-state index in [4.69, 9.17) is 4.74 Å². The van der Waals surface area contributed by atoms with Gasteiger partial charge in [0.25, 0.3) is 0 Å². The van der Waals surface area contributed by atoms with Crippen molar-refractivity contribution in [2.45, 2.75) is 26.6 Å². The fourth-order valence-electron chi connectivity index (χ4n) is 3.98. The number of benzene rings is 2. The number of rotatable bonds is 11. The number of carbonyl (C=O) groups excluding carboxylic acids is 1. The highest BCUT2D eigenvalue weighted by atomic mass is 19.4. The third-order valence-electron chi connectivity index (χ3n) is 5.84. The van der Waals surface area contributed by atoms with Gasteiger partial charge in [0.05, 0.1) is 16.6 Å². The minimum atomic E-state index is -4.50. The Hall–Kier alpha value is -4.16. The second-order valence-electron chi connectivity index (χ2n) is 8.83. The number of carbonyl (C=O) groups is 1. The maximum Gasteiger partial charge on any atom is 0.416 e. The Morgan fingerprint density at radius 2 is 1.79 bits per heavy atom. The molecule has 39 heavy (non-hydrogen) atoms. The zero-order valence-corrected chi connectivity index (χ0v) is 21.8. The predicted octanol–water partition coefficient (Wildman–Crippen LogP) is 5.18. The molecular formula is C27H30F3N7O2. The molecule has 0 aliphatic carbocycles. The van der Waals surface area contributed by atoms with Crippen LogP contribution in [-0.4, -0.2) is 40.1 Å². The van der Waals surface area contributed by atoms with E-state index in [0.717, 1.165) is 12.6 Å². The van der Waals surface area contributed by atoms with Crippen molar-refractivity contribution in [2.75, 3.05) is 30.3 Å². The van der Waals surface area contributed by atoms with Gasteiger partial charge in [-0.2, -0.15) is 13.2 Å². The summed E-state index contributed by atoms with van der Waals surface area (Å²) < 4.78 is 49.1. The summed E-state index contributed by atoms with van der Waals surface area (Å²) in [7, 11) is 1.76. The first kappa shape index (κ1) is 27.9. The summed E-state index contributed by atoms with van der Waals surface area (Å²) in [5.41, 5.74) is 1.10. The van der Waals surface area contributed by atoms with E-state index in [9.17, 15) is 18.0 Å². The van der Waals surface area contributed by atoms with Gasteiger partial charge in [0.1, 0.15) is 17.3 Å². The maximum absolute atomic E-state index is 13.8. The number of amides is 1. The van der Waals surface area contributed by atoms with Crippen LogP contribution in [0.3, 0.4) is 0 Å². The van der Waals surface area contributed by atoms with Crippen molar-refractivity contribution in [3.05, 3.63) is 65.9 Å². The van der Waals surface area contributed by atoms with Crippen LogP contribution in [0.1, 0.15) is 25.0 Å². The number of imidazole rings is 1. The third kappa shape index (κ3) is 7.24. The summed E-state index contributed by atoms with van der Waals surface area (Å²) in [6.45, 7) is 5.52. The van der Waals surface area contributed by atoms with E-state index < -0.39 is 11.7 Å². The first-order chi connectivity index (χ1) is 18.6. The molecule has 0 bridgehead atoms. The lowest BCUT2D eigenvalue weighted by Gasteiger charge is -2.16. The largest absolute Gasteiger partial charge is 0.457 e. The molecule has 4 N–H and O–H groups in total. The molecule has 4 rings (SSSR count). The highest BCUT2D eigenvalue weighted by molar-refractivity contribution is 5.87. The van der Waals surface area contributed by atoms with E-state index in [1.807, 2.05) is 6.92 Å². The first-order valence-electron chi connectivity index (χ1n) is 12.4. The van der Waals surface area contributed by atoms with Crippen molar-refractivity contribution in [1.82, 2.24) is 25.2 Å². The van der Waals surface area contributed by atoms with Crippen LogP contribution in [0.25, 0.3) is 11.0 Å². The molecule has 1 amide bonds. The number of nitrogens with one attached hydrogen (secondary N) is 4. The van der Waals surface area contributed by atoms with Crippen molar-refractivity contribution in [1.29, 1.82) is 0 Å². The third-order valence-corrected chi connectivity index (χ3v) is 5.84. The van der Waals surface area contributed by atoms with Gasteiger partial charge in [-0.05, 0) is 42.4 Å². The number of halogens is 3. The topological polar surface area (TPSA) is 105 Å². The number of alkyl halides is 3. The number of anilines is 3. The van der Waals surface area contributed by atoms with Gasteiger partial charge in [0.2, 0.25) is 11.9 Å². The van der Waals surface area contributed by atoms with Crippen LogP contribution >= 0.6 is 0 Å². The van der Waals surface area contributed by atoms with Gasteiger partial charge in [0, 0.05) is 57.6 Å². The molecule has 4 aromatic rings. The standard InChI is InChI=1S/C27H30F3N7O2/c1-4-31-11-12-32-16-18-5-6-19(13-22(18)27(28,29)30)35-26-36-23-8-7-20(14-24(23)37(26)3)39-21-9-10-33-25(15-21)34-17(2)38/h5-10,13-15,31-32H,4,11-12,16H2,1-3H3,(H,35,36)(H,33,34,38). The normalized spacial score (nSPS) is 11.5. The van der Waals surface area contributed by atoms with E-state index >= 15 is 0 Å². The smallest absolute Gasteiger partial charge is 0.416 e. The molecule has 0 fully saturated rings. The van der Waals surface area contributed by atoms with Crippen molar-refractivity contribution in [3.63, 3.8) is 0 Å². The Morgan fingerprint density at radius 1 is 1.03 bits per heavy atom. The van der Waals surface area contributed by atoms with Gasteiger partial charge in [-0.1, -0.05) is 13.0 Å².